The number of aliphatic hydroxyl groups excluding tert-OH is 1. The third kappa shape index (κ3) is 19.8. The van der Waals surface area contributed by atoms with E-state index in [1.165, 1.54) is 13.8 Å². The second-order valence-corrected chi connectivity index (χ2v) is 8.68. The first-order valence-corrected chi connectivity index (χ1v) is 9.04. The number of halogens is 6. The van der Waals surface area contributed by atoms with Crippen LogP contribution in [0.25, 0.3) is 0 Å². The molecule has 0 saturated carbocycles. The molecule has 0 amide bonds. The number of ether oxygens (including phenoxy) is 2. The van der Waals surface area contributed by atoms with Crippen molar-refractivity contribution in [3.63, 3.8) is 0 Å². The summed E-state index contributed by atoms with van der Waals surface area (Å²) in [5.74, 6) is -1.48. The summed E-state index contributed by atoms with van der Waals surface area (Å²) in [6.07, 6.45) is -7.16. The van der Waals surface area contributed by atoms with E-state index >= 15 is 0 Å². The highest BCUT2D eigenvalue weighted by Crippen LogP contribution is 2.26. The van der Waals surface area contributed by atoms with Crippen molar-refractivity contribution < 1.29 is 37.3 Å². The molecule has 28 heavy (non-hydrogen) atoms. The van der Waals surface area contributed by atoms with Gasteiger partial charge < -0.3 is 14.6 Å². The summed E-state index contributed by atoms with van der Waals surface area (Å²) in [6, 6.07) is 0. The largest absolute Gasteiger partial charge is 0.462 e. The molecule has 0 aliphatic heterocycles. The quantitative estimate of drug-likeness (QED) is 0.309. The van der Waals surface area contributed by atoms with Gasteiger partial charge in [0, 0.05) is 11.1 Å². The Morgan fingerprint density at radius 3 is 1.82 bits per heavy atom. The monoisotopic (exact) mass is 470 g/mol. The smallest absolute Gasteiger partial charge is 0.391 e. The average Bonchev–Trinajstić information content (AvgIpc) is 2.47. The van der Waals surface area contributed by atoms with Crippen LogP contribution in [0, 0.1) is 5.92 Å². The Balaban J connectivity index is 0. The zero-order valence-corrected chi connectivity index (χ0v) is 18.0. The highest BCUT2D eigenvalue weighted by Gasteiger charge is 2.31. The molecule has 0 heterocycles. The number of aliphatic hydroxyl groups is 1. The molecule has 0 aliphatic rings. The van der Waals surface area contributed by atoms with Gasteiger partial charge in [0.25, 0.3) is 0 Å². The Morgan fingerprint density at radius 1 is 1.04 bits per heavy atom. The van der Waals surface area contributed by atoms with Gasteiger partial charge in [-0.05, 0) is 26.2 Å². The Labute approximate surface area is 177 Å². The molecule has 0 aromatic carbocycles. The van der Waals surface area contributed by atoms with Crippen molar-refractivity contribution >= 4 is 46.7 Å². The highest BCUT2D eigenvalue weighted by molar-refractivity contribution is 6.67. The van der Waals surface area contributed by atoms with E-state index in [2.05, 4.69) is 17.9 Å². The van der Waals surface area contributed by atoms with E-state index in [4.69, 9.17) is 44.6 Å². The molecule has 0 aromatic heterocycles. The summed E-state index contributed by atoms with van der Waals surface area (Å²) in [7, 11) is 0. The Kier molecular flexibility index (Phi) is 13.9. The lowest BCUT2D eigenvalue weighted by molar-refractivity contribution is -0.156. The van der Waals surface area contributed by atoms with Crippen LogP contribution in [-0.2, 0) is 19.1 Å². The van der Waals surface area contributed by atoms with Crippen molar-refractivity contribution in [2.75, 3.05) is 13.2 Å². The highest BCUT2D eigenvalue weighted by atomic mass is 35.6. The molecule has 0 rings (SSSR count). The molecule has 0 radical (unpaired) electrons. The SMILES string of the molecule is C=C(C)C(=O)OCC(C)CC(O)CC(F)(F)F.C=C(C)C(=O)OCC(Cl)(Cl)Cl. The minimum absolute atomic E-state index is 0.0272. The minimum atomic E-state index is -4.38. The standard InChI is InChI=1S/C11H17F3O3.C6H7Cl3O2/c1-7(2)10(16)17-6-8(3)4-9(15)5-11(12,13)14;1-4(2)5(10)11-3-6(7,8)9/h8-9,15H,1,4-6H2,2-3H3;1,3H2,2H3. The number of carbonyl (C=O) groups is 2. The molecule has 2 unspecified atom stereocenters. The van der Waals surface area contributed by atoms with Crippen LogP contribution in [0.3, 0.4) is 0 Å². The lowest BCUT2D eigenvalue weighted by atomic mass is 10.0. The Hall–Kier alpha value is -0.960. The van der Waals surface area contributed by atoms with Crippen LogP contribution in [0.4, 0.5) is 13.2 Å². The Morgan fingerprint density at radius 2 is 1.46 bits per heavy atom. The van der Waals surface area contributed by atoms with Gasteiger partial charge in [-0.3, -0.25) is 0 Å². The molecule has 0 aliphatic carbocycles. The first-order valence-electron chi connectivity index (χ1n) is 7.91. The number of alkyl halides is 6. The number of esters is 2. The predicted molar refractivity (Wildman–Crippen MR) is 102 cm³/mol. The molecule has 0 saturated heterocycles. The molecule has 0 bridgehead atoms. The second-order valence-electron chi connectivity index (χ2n) is 6.16. The molecule has 164 valence electrons. The third-order valence-electron chi connectivity index (χ3n) is 2.70. The van der Waals surface area contributed by atoms with Crippen molar-refractivity contribution in [1.29, 1.82) is 0 Å². The fourth-order valence-corrected chi connectivity index (χ4v) is 1.66. The summed E-state index contributed by atoms with van der Waals surface area (Å²) in [5, 5.41) is 9.15. The van der Waals surface area contributed by atoms with Crippen molar-refractivity contribution in [2.24, 2.45) is 5.92 Å². The van der Waals surface area contributed by atoms with Gasteiger partial charge in [0.15, 0.2) is 0 Å². The fourth-order valence-electron chi connectivity index (χ4n) is 1.49. The summed E-state index contributed by atoms with van der Waals surface area (Å²) in [5.41, 5.74) is 0.507. The van der Waals surface area contributed by atoms with Crippen LogP contribution in [0.5, 0.6) is 0 Å². The lowest BCUT2D eigenvalue weighted by Crippen LogP contribution is -2.23. The van der Waals surface area contributed by atoms with Gasteiger partial charge in [0.2, 0.25) is 3.79 Å². The lowest BCUT2D eigenvalue weighted by Gasteiger charge is -2.17. The topological polar surface area (TPSA) is 72.8 Å². The molecule has 11 heteroatoms. The minimum Gasteiger partial charge on any atom is -0.462 e. The average molecular weight is 472 g/mol. The van der Waals surface area contributed by atoms with E-state index in [1.54, 1.807) is 6.92 Å². The van der Waals surface area contributed by atoms with Crippen molar-refractivity contribution in [2.45, 2.75) is 49.7 Å². The van der Waals surface area contributed by atoms with Gasteiger partial charge >= 0.3 is 18.1 Å². The molecule has 0 fully saturated rings. The molecule has 1 N–H and O–H groups in total. The predicted octanol–water partition coefficient (Wildman–Crippen LogP) is 4.92. The summed E-state index contributed by atoms with van der Waals surface area (Å²) >= 11 is 15.9. The van der Waals surface area contributed by atoms with Crippen LogP contribution >= 0.6 is 34.8 Å². The molecule has 2 atom stereocenters. The normalized spacial score (nSPS) is 13.5. The van der Waals surface area contributed by atoms with E-state index in [0.717, 1.165) is 0 Å². The number of hydrogen-bond acceptors (Lipinski definition) is 5. The van der Waals surface area contributed by atoms with E-state index < -0.39 is 34.4 Å². The van der Waals surface area contributed by atoms with E-state index in [0.29, 0.717) is 0 Å². The van der Waals surface area contributed by atoms with Gasteiger partial charge in [-0.15, -0.1) is 0 Å². The molecule has 5 nitrogen and oxygen atoms in total. The maximum absolute atomic E-state index is 11.9. The van der Waals surface area contributed by atoms with Crippen molar-refractivity contribution in [3.05, 3.63) is 24.3 Å². The number of hydrogen-bond donors (Lipinski definition) is 1. The first kappa shape index (κ1) is 29.2. The van der Waals surface area contributed by atoms with Gasteiger partial charge in [-0.2, -0.15) is 13.2 Å². The van der Waals surface area contributed by atoms with Gasteiger partial charge in [-0.1, -0.05) is 54.9 Å². The first-order chi connectivity index (χ1) is 12.4. The van der Waals surface area contributed by atoms with Crippen molar-refractivity contribution in [3.8, 4) is 0 Å². The molecule has 0 spiro atoms. The van der Waals surface area contributed by atoms with E-state index in [-0.39, 0.29) is 36.7 Å². The van der Waals surface area contributed by atoms with E-state index in [9.17, 15) is 22.8 Å². The maximum atomic E-state index is 11.9. The zero-order chi connectivity index (χ0) is 22.7. The number of carbonyl (C=O) groups excluding carboxylic acids is 2. The fraction of sp³-hybridized carbons (Fsp3) is 0.647. The molecular formula is C17H24Cl3F3O5. The number of rotatable bonds is 8. The van der Waals surface area contributed by atoms with Crippen molar-refractivity contribution in [1.82, 2.24) is 0 Å². The third-order valence-corrected chi connectivity index (χ3v) is 3.03. The van der Waals surface area contributed by atoms with E-state index in [1.807, 2.05) is 0 Å². The van der Waals surface area contributed by atoms with Crippen LogP contribution in [-0.4, -0.2) is 46.3 Å². The van der Waals surface area contributed by atoms with Gasteiger partial charge in [0.1, 0.15) is 6.61 Å². The summed E-state index contributed by atoms with van der Waals surface area (Å²) in [6.45, 7) is 11.0. The molecule has 0 aromatic rings. The summed E-state index contributed by atoms with van der Waals surface area (Å²) in [4.78, 5) is 21.7. The van der Waals surface area contributed by atoms with Crippen LogP contribution in [0.15, 0.2) is 24.3 Å². The summed E-state index contributed by atoms with van der Waals surface area (Å²) < 4.78 is 43.5. The van der Waals surface area contributed by atoms with Crippen LogP contribution in [0.1, 0.15) is 33.6 Å². The van der Waals surface area contributed by atoms with Crippen LogP contribution < -0.4 is 0 Å². The van der Waals surface area contributed by atoms with Crippen LogP contribution in [0.2, 0.25) is 0 Å². The van der Waals surface area contributed by atoms with Gasteiger partial charge in [0.05, 0.1) is 19.1 Å². The molecular weight excluding hydrogens is 448 g/mol. The Bertz CT molecular complexity index is 545. The van der Waals surface area contributed by atoms with Gasteiger partial charge in [-0.25, -0.2) is 9.59 Å². The second kappa shape index (κ2) is 13.3. The zero-order valence-electron chi connectivity index (χ0n) is 15.7. The maximum Gasteiger partial charge on any atom is 0.391 e.